The molecular weight excluding hydrogens is 334 g/mol. The highest BCUT2D eigenvalue weighted by molar-refractivity contribution is 7.09. The van der Waals surface area contributed by atoms with Crippen molar-refractivity contribution in [1.82, 2.24) is 15.2 Å². The van der Waals surface area contributed by atoms with Gasteiger partial charge in [-0.2, -0.15) is 0 Å². The molecule has 0 bridgehead atoms. The second-order valence-electron chi connectivity index (χ2n) is 6.40. The first-order chi connectivity index (χ1) is 12.2. The van der Waals surface area contributed by atoms with Crippen molar-refractivity contribution in [3.8, 4) is 0 Å². The molecule has 0 aliphatic carbocycles. The lowest BCUT2D eigenvalue weighted by Crippen LogP contribution is -2.29. The molecule has 134 valence electrons. The highest BCUT2D eigenvalue weighted by Crippen LogP contribution is 2.14. The van der Waals surface area contributed by atoms with Gasteiger partial charge in [-0.1, -0.05) is 30.7 Å². The van der Waals surface area contributed by atoms with Crippen molar-refractivity contribution in [2.45, 2.75) is 39.0 Å². The molecule has 1 aromatic heterocycles. The zero-order chi connectivity index (χ0) is 17.5. The lowest BCUT2D eigenvalue weighted by Gasteiger charge is -2.26. The number of methoxy groups -OCH3 is 1. The van der Waals surface area contributed by atoms with E-state index in [9.17, 15) is 4.79 Å². The van der Waals surface area contributed by atoms with Crippen LogP contribution in [0.5, 0.6) is 0 Å². The minimum atomic E-state index is -0.143. The lowest BCUT2D eigenvalue weighted by atomic mass is 10.1. The first-order valence-corrected chi connectivity index (χ1v) is 9.64. The van der Waals surface area contributed by atoms with Gasteiger partial charge in [0, 0.05) is 25.6 Å². The molecule has 0 radical (unpaired) electrons. The summed E-state index contributed by atoms with van der Waals surface area (Å²) < 4.78 is 5.03. The predicted octanol–water partition coefficient (Wildman–Crippen LogP) is 3.21. The largest absolute Gasteiger partial charge is 0.378 e. The van der Waals surface area contributed by atoms with E-state index >= 15 is 0 Å². The third kappa shape index (κ3) is 5.36. The summed E-state index contributed by atoms with van der Waals surface area (Å²) in [5.41, 5.74) is 2.89. The number of nitrogens with one attached hydrogen (secondary N) is 1. The topological polar surface area (TPSA) is 54.5 Å². The van der Waals surface area contributed by atoms with Crippen molar-refractivity contribution >= 4 is 17.2 Å². The van der Waals surface area contributed by atoms with E-state index in [0.29, 0.717) is 18.8 Å². The summed E-state index contributed by atoms with van der Waals surface area (Å²) in [6.45, 7) is 4.39. The van der Waals surface area contributed by atoms with E-state index in [0.717, 1.165) is 17.1 Å². The number of rotatable bonds is 7. The fourth-order valence-electron chi connectivity index (χ4n) is 3.02. The molecule has 6 heteroatoms. The molecule has 0 saturated carbocycles. The standard InChI is InChI=1S/C19H25N3O2S/c1-24-13-18-21-17(14-25-18)19(23)20-11-15-5-7-16(8-6-15)12-22-9-3-2-4-10-22/h5-8,14H,2-4,9-13H2,1H3,(H,20,23). The third-order valence-corrected chi connectivity index (χ3v) is 5.21. The van der Waals surface area contributed by atoms with Gasteiger partial charge in [0.25, 0.3) is 5.91 Å². The van der Waals surface area contributed by atoms with Gasteiger partial charge in [0.2, 0.25) is 0 Å². The highest BCUT2D eigenvalue weighted by atomic mass is 32.1. The normalized spacial score (nSPS) is 15.2. The van der Waals surface area contributed by atoms with E-state index in [-0.39, 0.29) is 5.91 Å². The third-order valence-electron chi connectivity index (χ3n) is 4.38. The van der Waals surface area contributed by atoms with Crippen molar-refractivity contribution in [2.75, 3.05) is 20.2 Å². The van der Waals surface area contributed by atoms with Gasteiger partial charge in [-0.15, -0.1) is 11.3 Å². The molecule has 1 amide bonds. The Kier molecular flexibility index (Phi) is 6.55. The number of amides is 1. The van der Waals surface area contributed by atoms with Gasteiger partial charge in [-0.25, -0.2) is 4.98 Å². The average Bonchev–Trinajstić information content (AvgIpc) is 3.11. The van der Waals surface area contributed by atoms with E-state index in [1.54, 1.807) is 12.5 Å². The molecule has 1 fully saturated rings. The number of piperidine rings is 1. The molecule has 1 aromatic carbocycles. The first kappa shape index (κ1) is 18.0. The van der Waals surface area contributed by atoms with Gasteiger partial charge in [-0.3, -0.25) is 9.69 Å². The quantitative estimate of drug-likeness (QED) is 0.825. The number of carbonyl (C=O) groups excluding carboxylic acids is 1. The van der Waals surface area contributed by atoms with Crippen molar-refractivity contribution in [3.63, 3.8) is 0 Å². The Bertz CT molecular complexity index is 678. The van der Waals surface area contributed by atoms with Gasteiger partial charge >= 0.3 is 0 Å². The Morgan fingerprint density at radius 3 is 2.64 bits per heavy atom. The molecule has 0 spiro atoms. The zero-order valence-electron chi connectivity index (χ0n) is 14.7. The Balaban J connectivity index is 1.48. The fraction of sp³-hybridized carbons (Fsp3) is 0.474. The van der Waals surface area contributed by atoms with Crippen LogP contribution in [0, 0.1) is 0 Å². The Labute approximate surface area is 153 Å². The number of hydrogen-bond acceptors (Lipinski definition) is 5. The van der Waals surface area contributed by atoms with Crippen LogP contribution in [0.4, 0.5) is 0 Å². The van der Waals surface area contributed by atoms with Crippen molar-refractivity contribution in [2.24, 2.45) is 0 Å². The van der Waals surface area contributed by atoms with Gasteiger partial charge in [0.15, 0.2) is 0 Å². The summed E-state index contributed by atoms with van der Waals surface area (Å²) >= 11 is 1.44. The maximum absolute atomic E-state index is 12.2. The van der Waals surface area contributed by atoms with Crippen LogP contribution in [-0.4, -0.2) is 36.0 Å². The summed E-state index contributed by atoms with van der Waals surface area (Å²) in [7, 11) is 1.62. The minimum absolute atomic E-state index is 0.143. The molecule has 25 heavy (non-hydrogen) atoms. The zero-order valence-corrected chi connectivity index (χ0v) is 15.5. The molecule has 2 heterocycles. The molecule has 1 saturated heterocycles. The van der Waals surface area contributed by atoms with E-state index in [2.05, 4.69) is 39.5 Å². The molecule has 5 nitrogen and oxygen atoms in total. The Hall–Kier alpha value is -1.76. The second-order valence-corrected chi connectivity index (χ2v) is 7.34. The van der Waals surface area contributed by atoms with E-state index in [1.807, 2.05) is 0 Å². The van der Waals surface area contributed by atoms with Crippen molar-refractivity contribution in [1.29, 1.82) is 0 Å². The average molecular weight is 359 g/mol. The number of hydrogen-bond donors (Lipinski definition) is 1. The fourth-order valence-corrected chi connectivity index (χ4v) is 3.76. The predicted molar refractivity (Wildman–Crippen MR) is 99.6 cm³/mol. The monoisotopic (exact) mass is 359 g/mol. The summed E-state index contributed by atoms with van der Waals surface area (Å²) in [6.07, 6.45) is 3.99. The minimum Gasteiger partial charge on any atom is -0.378 e. The van der Waals surface area contributed by atoms with Crippen LogP contribution < -0.4 is 5.32 Å². The smallest absolute Gasteiger partial charge is 0.271 e. The van der Waals surface area contributed by atoms with Crippen LogP contribution in [0.25, 0.3) is 0 Å². The maximum atomic E-state index is 12.2. The number of carbonyl (C=O) groups is 1. The lowest BCUT2D eigenvalue weighted by molar-refractivity contribution is 0.0946. The molecule has 1 N–H and O–H groups in total. The van der Waals surface area contributed by atoms with E-state index < -0.39 is 0 Å². The van der Waals surface area contributed by atoms with Crippen LogP contribution in [0.1, 0.15) is 45.9 Å². The molecule has 1 aliphatic rings. The SMILES string of the molecule is COCc1nc(C(=O)NCc2ccc(CN3CCCCC3)cc2)cs1. The summed E-state index contributed by atoms with van der Waals surface area (Å²) in [5.74, 6) is -0.143. The molecular formula is C19H25N3O2S. The van der Waals surface area contributed by atoms with Gasteiger partial charge in [-0.05, 0) is 37.1 Å². The van der Waals surface area contributed by atoms with Crippen LogP contribution in [0.3, 0.4) is 0 Å². The second kappa shape index (κ2) is 9.08. The molecule has 1 aliphatic heterocycles. The van der Waals surface area contributed by atoms with Crippen LogP contribution in [0.15, 0.2) is 29.6 Å². The van der Waals surface area contributed by atoms with Gasteiger partial charge in [0.05, 0.1) is 6.61 Å². The molecule has 0 atom stereocenters. The van der Waals surface area contributed by atoms with Crippen molar-refractivity contribution < 1.29 is 9.53 Å². The van der Waals surface area contributed by atoms with E-state index in [4.69, 9.17) is 4.74 Å². The summed E-state index contributed by atoms with van der Waals surface area (Å²) in [6, 6.07) is 8.51. The van der Waals surface area contributed by atoms with Crippen LogP contribution in [0.2, 0.25) is 0 Å². The summed E-state index contributed by atoms with van der Waals surface area (Å²) in [4.78, 5) is 18.9. The molecule has 0 unspecified atom stereocenters. The Morgan fingerprint density at radius 1 is 1.20 bits per heavy atom. The maximum Gasteiger partial charge on any atom is 0.271 e. The number of nitrogens with zero attached hydrogens (tertiary/aromatic N) is 2. The van der Waals surface area contributed by atoms with Crippen LogP contribution >= 0.6 is 11.3 Å². The van der Waals surface area contributed by atoms with E-state index in [1.165, 1.54) is 49.3 Å². The van der Waals surface area contributed by atoms with Gasteiger partial charge < -0.3 is 10.1 Å². The molecule has 2 aromatic rings. The highest BCUT2D eigenvalue weighted by Gasteiger charge is 2.12. The summed E-state index contributed by atoms with van der Waals surface area (Å²) in [5, 5.41) is 5.51. The number of benzene rings is 1. The number of aromatic nitrogens is 1. The molecule has 3 rings (SSSR count). The van der Waals surface area contributed by atoms with Crippen molar-refractivity contribution in [3.05, 3.63) is 51.5 Å². The van der Waals surface area contributed by atoms with Crippen LogP contribution in [-0.2, 0) is 24.4 Å². The van der Waals surface area contributed by atoms with Gasteiger partial charge in [0.1, 0.15) is 10.7 Å². The number of likely N-dealkylation sites (tertiary alicyclic amines) is 1. The number of thiazole rings is 1. The first-order valence-electron chi connectivity index (χ1n) is 8.76. The Morgan fingerprint density at radius 2 is 1.92 bits per heavy atom. The number of ether oxygens (including phenoxy) is 1.